The number of fused-ring (bicyclic) bond motifs is 6. The average molecular weight is 971 g/mol. The predicted octanol–water partition coefficient (Wildman–Crippen LogP) is 11.1. The molecule has 3 N–H and O–H groups in total. The van der Waals surface area contributed by atoms with Gasteiger partial charge in [-0.05, 0) is 175 Å². The van der Waals surface area contributed by atoms with Gasteiger partial charge in [0.05, 0.1) is 30.0 Å². The quantitative estimate of drug-likeness (QED) is 0.142. The molecule has 14 heteroatoms. The van der Waals surface area contributed by atoms with Crippen molar-refractivity contribution in [3.8, 4) is 0 Å². The second-order valence-electron chi connectivity index (χ2n) is 24.2. The van der Waals surface area contributed by atoms with Crippen LogP contribution in [0.3, 0.4) is 0 Å². The fraction of sp³-hybridized carbons (Fsp3) is 0.649. The van der Waals surface area contributed by atoms with Crippen molar-refractivity contribution in [2.24, 2.45) is 34.5 Å². The molecule has 71 heavy (non-hydrogen) atoms. The number of carbonyl (C=O) groups is 4. The van der Waals surface area contributed by atoms with Gasteiger partial charge in [-0.2, -0.15) is 0 Å². The van der Waals surface area contributed by atoms with Gasteiger partial charge >= 0.3 is 11.9 Å². The van der Waals surface area contributed by atoms with E-state index < -0.39 is 5.97 Å². The maximum Gasteiger partial charge on any atom is 0.308 e. The Balaban J connectivity index is 0.000000176. The Kier molecular flexibility index (Phi) is 14.9. The van der Waals surface area contributed by atoms with E-state index >= 15 is 0 Å². The van der Waals surface area contributed by atoms with Crippen LogP contribution in [-0.4, -0.2) is 102 Å². The van der Waals surface area contributed by atoms with Crippen molar-refractivity contribution in [3.05, 3.63) is 59.9 Å². The first-order valence-corrected chi connectivity index (χ1v) is 26.9. The number of carboxylic acid groups (broad SMARTS) is 1. The number of methoxy groups -OCH3 is 1. The lowest BCUT2D eigenvalue weighted by Crippen LogP contribution is -2.55. The standard InChI is InChI=1S/C29H40N4O3.C28H38N4O3/c1-29(2,3)21-9-11-22(12-10-21)31-28-30-17-20-14-18(8-13-25(20)32-28)26(34)33-23-6-5-7-24(33)16-19(15-23)27(35)36-4;1-28(2,3)20-8-10-21(11-9-20)30-27-29-16-19-13-17(7-12-24(19)31-27)25(33)32-22-5-4-6-23(32)15-18(14-22)26(34)35/h8,13-14,17,19,21-24H,5-7,9-12,15-16H2,1-4H3,(H,30,31,32);7,12-13,16,18,20-23H,4-6,8-11,14-15H2,1-3H3,(H,34,35)(H,29,30,31). The van der Waals surface area contributed by atoms with Gasteiger partial charge in [0, 0.05) is 70.5 Å². The second kappa shape index (κ2) is 21.0. The Morgan fingerprint density at radius 3 is 1.30 bits per heavy atom. The summed E-state index contributed by atoms with van der Waals surface area (Å²) < 4.78 is 5.00. The molecule has 0 radical (unpaired) electrons. The Morgan fingerprint density at radius 2 is 0.944 bits per heavy atom. The molecule has 4 unspecified atom stereocenters. The number of amides is 2. The third-order valence-electron chi connectivity index (χ3n) is 17.5. The van der Waals surface area contributed by atoms with Gasteiger partial charge in [-0.15, -0.1) is 0 Å². The number of ether oxygens (including phenoxy) is 1. The van der Waals surface area contributed by atoms with Crippen molar-refractivity contribution in [3.63, 3.8) is 0 Å². The Morgan fingerprint density at radius 1 is 0.563 bits per heavy atom. The van der Waals surface area contributed by atoms with Gasteiger partial charge in [0.2, 0.25) is 11.9 Å². The second-order valence-corrected chi connectivity index (χ2v) is 24.2. The minimum absolute atomic E-state index is 0.00301. The number of benzene rings is 2. The van der Waals surface area contributed by atoms with Crippen molar-refractivity contribution in [2.45, 2.75) is 193 Å². The molecule has 4 aliphatic heterocycles. The largest absolute Gasteiger partial charge is 0.481 e. The van der Waals surface area contributed by atoms with Crippen LogP contribution in [0.2, 0.25) is 0 Å². The number of nitrogens with one attached hydrogen (secondary N) is 2. The molecule has 4 bridgehead atoms. The van der Waals surface area contributed by atoms with Gasteiger partial charge in [-0.25, -0.2) is 19.9 Å². The van der Waals surface area contributed by atoms with Crippen LogP contribution in [0.4, 0.5) is 11.9 Å². The minimum atomic E-state index is -0.733. The number of nitrogens with zero attached hydrogens (tertiary/aromatic N) is 6. The molecule has 4 aromatic rings. The third-order valence-corrected chi connectivity index (χ3v) is 17.5. The molecule has 6 heterocycles. The van der Waals surface area contributed by atoms with Gasteiger partial charge in [0.25, 0.3) is 11.8 Å². The summed E-state index contributed by atoms with van der Waals surface area (Å²) in [7, 11) is 1.45. The molecule has 2 saturated carbocycles. The van der Waals surface area contributed by atoms with Crippen molar-refractivity contribution < 1.29 is 29.0 Å². The molecule has 10 rings (SSSR count). The molecule has 2 aromatic carbocycles. The molecule has 2 amide bonds. The molecule has 6 fully saturated rings. The first-order valence-electron chi connectivity index (χ1n) is 26.9. The number of rotatable bonds is 8. The highest BCUT2D eigenvalue weighted by Crippen LogP contribution is 2.42. The monoisotopic (exact) mass is 971 g/mol. The fourth-order valence-electron chi connectivity index (χ4n) is 13.3. The van der Waals surface area contributed by atoms with Gasteiger partial charge in [0.1, 0.15) is 0 Å². The first-order chi connectivity index (χ1) is 33.9. The zero-order valence-corrected chi connectivity index (χ0v) is 43.3. The SMILES string of the molecule is CC(C)(C)C1CCC(Nc2ncc3cc(C(=O)N4C5CCCC4CC(C(=O)O)C5)ccc3n2)CC1.COC(=O)C1CC2CCCC(C1)N2C(=O)c1ccc2nc(NC3CCC(C(C)(C)C)CC3)ncc2c1. The molecule has 14 nitrogen and oxygen atoms in total. The zero-order valence-electron chi connectivity index (χ0n) is 43.3. The summed E-state index contributed by atoms with van der Waals surface area (Å²) in [6, 6.07) is 12.4. The lowest BCUT2D eigenvalue weighted by molar-refractivity contribution is -0.149. The molecule has 4 saturated heterocycles. The molecule has 2 aliphatic carbocycles. The molecular formula is C57H78N8O6. The van der Waals surface area contributed by atoms with E-state index in [1.165, 1.54) is 32.8 Å². The molecule has 382 valence electrons. The summed E-state index contributed by atoms with van der Waals surface area (Å²) in [5.74, 6) is 1.59. The summed E-state index contributed by atoms with van der Waals surface area (Å²) in [5.41, 5.74) is 3.71. The molecule has 4 atom stereocenters. The molecule has 6 aliphatic rings. The van der Waals surface area contributed by atoms with Gasteiger partial charge in [0.15, 0.2) is 0 Å². The topological polar surface area (TPSA) is 180 Å². The summed E-state index contributed by atoms with van der Waals surface area (Å²) in [4.78, 5) is 73.4. The maximum absolute atomic E-state index is 13.6. The Labute approximate surface area is 420 Å². The van der Waals surface area contributed by atoms with Crippen LogP contribution in [-0.2, 0) is 14.3 Å². The third kappa shape index (κ3) is 11.5. The number of hydrogen-bond acceptors (Lipinski definition) is 11. The van der Waals surface area contributed by atoms with Crippen molar-refractivity contribution in [2.75, 3.05) is 17.7 Å². The predicted molar refractivity (Wildman–Crippen MR) is 277 cm³/mol. The normalized spacial score (nSPS) is 28.8. The van der Waals surface area contributed by atoms with Crippen molar-refractivity contribution >= 4 is 57.5 Å². The van der Waals surface area contributed by atoms with Gasteiger partial charge in [-0.1, -0.05) is 41.5 Å². The summed E-state index contributed by atoms with van der Waals surface area (Å²) in [6.45, 7) is 14.0. The zero-order chi connectivity index (χ0) is 50.2. The van der Waals surface area contributed by atoms with E-state index in [0.717, 1.165) is 97.8 Å². The molecular weight excluding hydrogens is 893 g/mol. The lowest BCUT2D eigenvalue weighted by atomic mass is 9.71. The number of esters is 1. The van der Waals surface area contributed by atoms with Crippen LogP contribution in [0.15, 0.2) is 48.8 Å². The van der Waals surface area contributed by atoms with E-state index in [2.05, 4.69) is 62.1 Å². The van der Waals surface area contributed by atoms with Gasteiger partial charge < -0.3 is 30.3 Å². The van der Waals surface area contributed by atoms with Crippen LogP contribution in [0.5, 0.6) is 0 Å². The minimum Gasteiger partial charge on any atom is -0.481 e. The smallest absolute Gasteiger partial charge is 0.308 e. The number of hydrogen-bond donors (Lipinski definition) is 3. The van der Waals surface area contributed by atoms with E-state index in [0.29, 0.717) is 71.6 Å². The number of carboxylic acids is 1. The first kappa shape index (κ1) is 50.5. The van der Waals surface area contributed by atoms with E-state index in [1.54, 1.807) is 6.20 Å². The Hall–Kier alpha value is -5.40. The summed E-state index contributed by atoms with van der Waals surface area (Å²) in [6.07, 6.45) is 21.4. The van der Waals surface area contributed by atoms with E-state index in [1.807, 2.05) is 52.4 Å². The number of anilines is 2. The van der Waals surface area contributed by atoms with Crippen LogP contribution in [0.25, 0.3) is 21.8 Å². The highest BCUT2D eigenvalue weighted by molar-refractivity contribution is 5.99. The van der Waals surface area contributed by atoms with Crippen molar-refractivity contribution in [1.82, 2.24) is 29.7 Å². The Bertz CT molecular complexity index is 2550. The highest BCUT2D eigenvalue weighted by Gasteiger charge is 2.45. The number of aromatic nitrogens is 4. The average Bonchev–Trinajstić information content (AvgIpc) is 3.34. The fourth-order valence-corrected chi connectivity index (χ4v) is 13.3. The highest BCUT2D eigenvalue weighted by atomic mass is 16.5. The molecule has 2 aromatic heterocycles. The van der Waals surface area contributed by atoms with Gasteiger partial charge in [-0.3, -0.25) is 19.2 Å². The summed E-state index contributed by atoms with van der Waals surface area (Å²) in [5, 5.41) is 18.3. The molecule has 0 spiro atoms. The van der Waals surface area contributed by atoms with Crippen LogP contribution in [0.1, 0.15) is 178 Å². The summed E-state index contributed by atoms with van der Waals surface area (Å²) >= 11 is 0. The lowest BCUT2D eigenvalue weighted by Gasteiger charge is -2.48. The maximum atomic E-state index is 13.6. The van der Waals surface area contributed by atoms with Crippen LogP contribution >= 0.6 is 0 Å². The van der Waals surface area contributed by atoms with E-state index in [4.69, 9.17) is 14.7 Å². The number of carbonyl (C=O) groups excluding carboxylic acids is 3. The van der Waals surface area contributed by atoms with Crippen molar-refractivity contribution in [1.29, 1.82) is 0 Å². The number of piperidine rings is 4. The number of aliphatic carboxylic acids is 1. The van der Waals surface area contributed by atoms with Crippen LogP contribution < -0.4 is 10.6 Å². The van der Waals surface area contributed by atoms with Crippen LogP contribution in [0, 0.1) is 34.5 Å². The van der Waals surface area contributed by atoms with E-state index in [9.17, 15) is 24.3 Å². The van der Waals surface area contributed by atoms with E-state index in [-0.39, 0.29) is 53.8 Å².